The van der Waals surface area contributed by atoms with Crippen molar-refractivity contribution in [1.82, 2.24) is 9.47 Å². The van der Waals surface area contributed by atoms with E-state index in [1.165, 1.54) is 29.3 Å². The average Bonchev–Trinajstić information content (AvgIpc) is 3.37. The lowest BCUT2D eigenvalue weighted by atomic mass is 9.86. The number of aryl methyl sites for hydroxylation is 1. The highest BCUT2D eigenvalue weighted by molar-refractivity contribution is 6.07. The third-order valence-corrected chi connectivity index (χ3v) is 7.15. The SMILES string of the molecule is Cl.Cl.Cn1cc(C2=NCC3(CC4CCC(C3)N4Cc3ccccc3)O2)c2ccccc21.O. The maximum absolute atomic E-state index is 6.69. The van der Waals surface area contributed by atoms with Gasteiger partial charge in [0, 0.05) is 55.6 Å². The quantitative estimate of drug-likeness (QED) is 0.557. The summed E-state index contributed by atoms with van der Waals surface area (Å²) in [5.74, 6) is 0.845. The summed E-state index contributed by atoms with van der Waals surface area (Å²) in [6.45, 7) is 1.86. The standard InChI is InChI=1S/C25H27N3O.2ClH.H2O/c1-27-16-22(21-9-5-6-10-23(21)27)24-26-17-25(29-24)13-19-11-12-20(14-25)28(19)15-18-7-3-2-4-8-18;;;/h2-10,16,19-20H,11-15,17H2,1H3;2*1H;1H2. The Morgan fingerprint density at radius 2 is 1.62 bits per heavy atom. The van der Waals surface area contributed by atoms with E-state index < -0.39 is 0 Å². The maximum Gasteiger partial charge on any atom is 0.219 e. The summed E-state index contributed by atoms with van der Waals surface area (Å²) < 4.78 is 8.86. The minimum absolute atomic E-state index is 0. The summed E-state index contributed by atoms with van der Waals surface area (Å²) in [4.78, 5) is 7.64. The molecule has 7 heteroatoms. The number of fused-ring (bicyclic) bond motifs is 3. The van der Waals surface area contributed by atoms with E-state index >= 15 is 0 Å². The Morgan fingerprint density at radius 3 is 2.34 bits per heavy atom. The largest absolute Gasteiger partial charge is 0.469 e. The first-order valence-corrected chi connectivity index (χ1v) is 10.8. The molecule has 2 fully saturated rings. The second kappa shape index (κ2) is 9.44. The van der Waals surface area contributed by atoms with Crippen molar-refractivity contribution in [2.24, 2.45) is 12.0 Å². The monoisotopic (exact) mass is 475 g/mol. The predicted molar refractivity (Wildman–Crippen MR) is 134 cm³/mol. The Hall–Kier alpha value is -2.05. The highest BCUT2D eigenvalue weighted by atomic mass is 35.5. The minimum Gasteiger partial charge on any atom is -0.469 e. The molecule has 0 amide bonds. The zero-order chi connectivity index (χ0) is 19.4. The van der Waals surface area contributed by atoms with Crippen molar-refractivity contribution in [1.29, 1.82) is 0 Å². The summed E-state index contributed by atoms with van der Waals surface area (Å²) in [7, 11) is 2.10. The van der Waals surface area contributed by atoms with E-state index in [0.717, 1.165) is 37.4 Å². The average molecular weight is 476 g/mol. The number of aliphatic imine (C=N–C) groups is 1. The summed E-state index contributed by atoms with van der Waals surface area (Å²) in [6.07, 6.45) is 6.92. The maximum atomic E-state index is 6.69. The van der Waals surface area contributed by atoms with Gasteiger partial charge in [-0.3, -0.25) is 4.90 Å². The highest BCUT2D eigenvalue weighted by Gasteiger charge is 2.52. The van der Waals surface area contributed by atoms with Crippen LogP contribution in [0.25, 0.3) is 10.9 Å². The third-order valence-electron chi connectivity index (χ3n) is 7.15. The number of ether oxygens (including phenoxy) is 1. The molecular formula is C25H31Cl2N3O2. The topological polar surface area (TPSA) is 61.3 Å². The molecular weight excluding hydrogens is 445 g/mol. The molecule has 0 aliphatic carbocycles. The van der Waals surface area contributed by atoms with Crippen molar-refractivity contribution in [3.05, 3.63) is 71.9 Å². The van der Waals surface area contributed by atoms with E-state index in [4.69, 9.17) is 9.73 Å². The van der Waals surface area contributed by atoms with Crippen LogP contribution in [0.5, 0.6) is 0 Å². The van der Waals surface area contributed by atoms with Gasteiger partial charge in [-0.05, 0) is 24.5 Å². The molecule has 2 unspecified atom stereocenters. The molecule has 2 atom stereocenters. The van der Waals surface area contributed by atoms with Gasteiger partial charge in [0.1, 0.15) is 5.60 Å². The van der Waals surface area contributed by atoms with Crippen LogP contribution < -0.4 is 0 Å². The van der Waals surface area contributed by atoms with E-state index in [-0.39, 0.29) is 35.9 Å². The molecule has 2 N–H and O–H groups in total. The zero-order valence-corrected chi connectivity index (χ0v) is 19.9. The van der Waals surface area contributed by atoms with Crippen molar-refractivity contribution in [2.75, 3.05) is 6.54 Å². The van der Waals surface area contributed by atoms with Crippen LogP contribution in [-0.2, 0) is 18.3 Å². The van der Waals surface area contributed by atoms with E-state index in [2.05, 4.69) is 77.3 Å². The van der Waals surface area contributed by atoms with E-state index in [1.807, 2.05) is 0 Å². The van der Waals surface area contributed by atoms with Crippen LogP contribution in [-0.4, -0.2) is 45.1 Å². The van der Waals surface area contributed by atoms with Crippen LogP contribution in [0.3, 0.4) is 0 Å². The van der Waals surface area contributed by atoms with Gasteiger partial charge in [0.2, 0.25) is 5.90 Å². The lowest BCUT2D eigenvalue weighted by Gasteiger charge is -2.43. The number of benzene rings is 2. The fourth-order valence-corrected chi connectivity index (χ4v) is 5.80. The van der Waals surface area contributed by atoms with Gasteiger partial charge in [-0.25, -0.2) is 4.99 Å². The minimum atomic E-state index is -0.106. The van der Waals surface area contributed by atoms with Gasteiger partial charge < -0.3 is 14.8 Å². The number of rotatable bonds is 3. The van der Waals surface area contributed by atoms with E-state index in [0.29, 0.717) is 12.1 Å². The van der Waals surface area contributed by atoms with Crippen molar-refractivity contribution < 1.29 is 10.2 Å². The Kier molecular flexibility index (Phi) is 7.25. The molecule has 172 valence electrons. The lowest BCUT2D eigenvalue weighted by molar-refractivity contribution is -0.0245. The number of halogens is 2. The fourth-order valence-electron chi connectivity index (χ4n) is 5.80. The van der Waals surface area contributed by atoms with Gasteiger partial charge >= 0.3 is 0 Å². The normalized spacial score (nSPS) is 26.1. The first-order valence-electron chi connectivity index (χ1n) is 10.8. The van der Waals surface area contributed by atoms with Gasteiger partial charge in [-0.2, -0.15) is 0 Å². The Morgan fingerprint density at radius 1 is 0.969 bits per heavy atom. The van der Waals surface area contributed by atoms with Crippen LogP contribution in [0.2, 0.25) is 0 Å². The molecule has 5 nitrogen and oxygen atoms in total. The summed E-state index contributed by atoms with van der Waals surface area (Å²) in [6, 6.07) is 20.6. The molecule has 1 spiro atoms. The van der Waals surface area contributed by atoms with Crippen LogP contribution in [0.1, 0.15) is 36.8 Å². The zero-order valence-electron chi connectivity index (χ0n) is 18.2. The Labute approximate surface area is 201 Å². The molecule has 3 aromatic rings. The highest BCUT2D eigenvalue weighted by Crippen LogP contribution is 2.45. The molecule has 0 saturated carbocycles. The van der Waals surface area contributed by atoms with Crippen molar-refractivity contribution in [3.8, 4) is 0 Å². The number of hydrogen-bond acceptors (Lipinski definition) is 3. The molecule has 0 radical (unpaired) electrons. The number of nitrogens with zero attached hydrogens (tertiary/aromatic N) is 3. The van der Waals surface area contributed by atoms with E-state index in [1.54, 1.807) is 0 Å². The van der Waals surface area contributed by atoms with Crippen LogP contribution in [0.4, 0.5) is 0 Å². The molecule has 4 heterocycles. The number of para-hydroxylation sites is 1. The smallest absolute Gasteiger partial charge is 0.219 e. The van der Waals surface area contributed by atoms with Gasteiger partial charge in [0.05, 0.1) is 12.1 Å². The predicted octanol–water partition coefficient (Wildman–Crippen LogP) is 4.54. The molecule has 6 rings (SSSR count). The van der Waals surface area contributed by atoms with Crippen molar-refractivity contribution >= 4 is 41.6 Å². The number of aromatic nitrogens is 1. The number of piperidine rings is 1. The van der Waals surface area contributed by atoms with Gasteiger partial charge in [-0.1, -0.05) is 48.5 Å². The molecule has 32 heavy (non-hydrogen) atoms. The Balaban J connectivity index is 0.000000963. The van der Waals surface area contributed by atoms with Crippen molar-refractivity contribution in [2.45, 2.75) is 49.9 Å². The van der Waals surface area contributed by atoms with Crippen molar-refractivity contribution in [3.63, 3.8) is 0 Å². The third kappa shape index (κ3) is 4.03. The summed E-state index contributed by atoms with van der Waals surface area (Å²) >= 11 is 0. The van der Waals surface area contributed by atoms with Gasteiger partial charge in [-0.15, -0.1) is 24.8 Å². The molecule has 1 aromatic heterocycles. The van der Waals surface area contributed by atoms with Gasteiger partial charge in [0.25, 0.3) is 0 Å². The lowest BCUT2D eigenvalue weighted by Crippen LogP contribution is -2.52. The van der Waals surface area contributed by atoms with Crippen LogP contribution in [0, 0.1) is 0 Å². The van der Waals surface area contributed by atoms with Gasteiger partial charge in [0.15, 0.2) is 0 Å². The van der Waals surface area contributed by atoms with Crippen LogP contribution in [0.15, 0.2) is 65.8 Å². The molecule has 2 saturated heterocycles. The Bertz CT molecular complexity index is 1090. The molecule has 2 bridgehead atoms. The summed E-state index contributed by atoms with van der Waals surface area (Å²) in [5, 5.41) is 1.23. The van der Waals surface area contributed by atoms with E-state index in [9.17, 15) is 0 Å². The van der Waals surface area contributed by atoms with Crippen LogP contribution >= 0.6 is 24.8 Å². The molecule has 3 aliphatic heterocycles. The molecule has 3 aliphatic rings. The first kappa shape index (κ1) is 24.6. The first-order chi connectivity index (χ1) is 14.2. The number of hydrogen-bond donors (Lipinski definition) is 0. The second-order valence-corrected chi connectivity index (χ2v) is 9.03. The second-order valence-electron chi connectivity index (χ2n) is 9.03. The summed E-state index contributed by atoms with van der Waals surface area (Å²) in [5.41, 5.74) is 3.68. The molecule has 2 aromatic carbocycles. The fraction of sp³-hybridized carbons (Fsp3) is 0.400.